The van der Waals surface area contributed by atoms with Crippen LogP contribution in [0, 0.1) is 5.92 Å². The number of benzene rings is 1. The summed E-state index contributed by atoms with van der Waals surface area (Å²) < 4.78 is 10.9. The average Bonchev–Trinajstić information content (AvgIpc) is 3.26. The second kappa shape index (κ2) is 5.85. The molecular weight excluding hydrogens is 264 g/mol. The van der Waals surface area contributed by atoms with Crippen LogP contribution in [0.3, 0.4) is 0 Å². The molecule has 1 N–H and O–H groups in total. The fourth-order valence-electron chi connectivity index (χ4n) is 3.47. The minimum Gasteiger partial charge on any atom is -0.454 e. The fraction of sp³-hybridized carbons (Fsp3) is 0.647. The maximum atomic E-state index is 5.50. The van der Waals surface area contributed by atoms with Gasteiger partial charge in [0.2, 0.25) is 6.79 Å². The quantitative estimate of drug-likeness (QED) is 0.902. The molecule has 3 aliphatic rings. The van der Waals surface area contributed by atoms with Crippen LogP contribution in [0.4, 0.5) is 0 Å². The number of piperidine rings is 1. The van der Waals surface area contributed by atoms with Gasteiger partial charge in [-0.2, -0.15) is 0 Å². The van der Waals surface area contributed by atoms with Crippen LogP contribution < -0.4 is 14.8 Å². The van der Waals surface area contributed by atoms with Crippen LogP contribution in [0.25, 0.3) is 0 Å². The Kier molecular flexibility index (Phi) is 3.74. The number of nitrogens with one attached hydrogen (secondary N) is 1. The van der Waals surface area contributed by atoms with Gasteiger partial charge in [-0.25, -0.2) is 0 Å². The molecule has 0 radical (unpaired) electrons. The van der Waals surface area contributed by atoms with E-state index in [1.54, 1.807) is 0 Å². The smallest absolute Gasteiger partial charge is 0.231 e. The summed E-state index contributed by atoms with van der Waals surface area (Å²) in [6, 6.07) is 7.18. The molecule has 1 aromatic carbocycles. The lowest BCUT2D eigenvalue weighted by Gasteiger charge is -2.30. The van der Waals surface area contributed by atoms with Gasteiger partial charge < -0.3 is 14.8 Å². The van der Waals surface area contributed by atoms with Gasteiger partial charge in [-0.05, 0) is 62.4 Å². The minimum atomic E-state index is 0.360. The summed E-state index contributed by atoms with van der Waals surface area (Å²) in [5.41, 5.74) is 1.34. The highest BCUT2D eigenvalue weighted by atomic mass is 16.7. The molecule has 2 fully saturated rings. The summed E-state index contributed by atoms with van der Waals surface area (Å²) in [6.45, 7) is 5.01. The van der Waals surface area contributed by atoms with Crippen LogP contribution in [-0.2, 0) is 6.54 Å². The molecule has 1 atom stereocenters. The zero-order valence-corrected chi connectivity index (χ0v) is 12.5. The summed E-state index contributed by atoms with van der Waals surface area (Å²) in [4.78, 5) is 2.68. The van der Waals surface area contributed by atoms with Crippen molar-refractivity contribution in [3.8, 4) is 11.5 Å². The van der Waals surface area contributed by atoms with Crippen molar-refractivity contribution in [1.29, 1.82) is 0 Å². The predicted octanol–water partition coefficient (Wildman–Crippen LogP) is 2.38. The standard InChI is InChI=1S/C17H24N2O2/c1-2-14(9-18-7-1)11-19(15-4-5-15)10-13-3-6-16-17(8-13)21-12-20-16/h3,6,8,14-15,18H,1-2,4-5,7,9-12H2. The summed E-state index contributed by atoms with van der Waals surface area (Å²) in [7, 11) is 0. The molecule has 4 heteroatoms. The van der Waals surface area contributed by atoms with Gasteiger partial charge in [0.25, 0.3) is 0 Å². The first kappa shape index (κ1) is 13.4. The summed E-state index contributed by atoms with van der Waals surface area (Å²) in [5, 5.41) is 3.53. The first-order valence-corrected chi connectivity index (χ1v) is 8.22. The third kappa shape index (κ3) is 3.16. The Morgan fingerprint density at radius 3 is 2.86 bits per heavy atom. The van der Waals surface area contributed by atoms with Gasteiger partial charge >= 0.3 is 0 Å². The molecule has 0 spiro atoms. The van der Waals surface area contributed by atoms with E-state index in [1.807, 2.05) is 6.07 Å². The Morgan fingerprint density at radius 2 is 2.05 bits per heavy atom. The third-order valence-corrected chi connectivity index (χ3v) is 4.78. The highest BCUT2D eigenvalue weighted by Crippen LogP contribution is 2.35. The molecule has 1 aromatic rings. The minimum absolute atomic E-state index is 0.360. The maximum absolute atomic E-state index is 5.50. The molecule has 1 unspecified atom stereocenters. The normalized spacial score (nSPS) is 24.5. The van der Waals surface area contributed by atoms with Crippen molar-refractivity contribution >= 4 is 0 Å². The summed E-state index contributed by atoms with van der Waals surface area (Å²) in [6.07, 6.45) is 5.43. The van der Waals surface area contributed by atoms with Crippen molar-refractivity contribution in [3.05, 3.63) is 23.8 Å². The number of hydrogen-bond acceptors (Lipinski definition) is 4. The second-order valence-corrected chi connectivity index (χ2v) is 6.56. The van der Waals surface area contributed by atoms with E-state index in [2.05, 4.69) is 22.3 Å². The molecule has 0 bridgehead atoms. The lowest BCUT2D eigenvalue weighted by molar-refractivity contribution is 0.173. The van der Waals surface area contributed by atoms with Crippen molar-refractivity contribution in [1.82, 2.24) is 10.2 Å². The molecule has 1 aliphatic carbocycles. The Bertz CT molecular complexity index is 496. The topological polar surface area (TPSA) is 33.7 Å². The summed E-state index contributed by atoms with van der Waals surface area (Å²) in [5.74, 6) is 2.60. The van der Waals surface area contributed by atoms with E-state index >= 15 is 0 Å². The number of rotatable bonds is 5. The Hall–Kier alpha value is -1.26. The molecule has 2 heterocycles. The maximum Gasteiger partial charge on any atom is 0.231 e. The molecule has 114 valence electrons. The first-order chi connectivity index (χ1) is 10.4. The van der Waals surface area contributed by atoms with Crippen molar-refractivity contribution in [2.75, 3.05) is 26.4 Å². The zero-order chi connectivity index (χ0) is 14.1. The van der Waals surface area contributed by atoms with Gasteiger partial charge in [0.15, 0.2) is 11.5 Å². The fourth-order valence-corrected chi connectivity index (χ4v) is 3.47. The van der Waals surface area contributed by atoms with Crippen LogP contribution in [0.2, 0.25) is 0 Å². The molecule has 4 nitrogen and oxygen atoms in total. The number of fused-ring (bicyclic) bond motifs is 1. The van der Waals surface area contributed by atoms with Crippen LogP contribution in [0.15, 0.2) is 18.2 Å². The Labute approximate surface area is 126 Å². The van der Waals surface area contributed by atoms with Crippen LogP contribution in [-0.4, -0.2) is 37.4 Å². The molecular formula is C17H24N2O2. The lowest BCUT2D eigenvalue weighted by Crippen LogP contribution is -2.39. The van der Waals surface area contributed by atoms with E-state index in [0.717, 1.165) is 30.0 Å². The van der Waals surface area contributed by atoms with E-state index < -0.39 is 0 Å². The molecule has 2 aliphatic heterocycles. The monoisotopic (exact) mass is 288 g/mol. The van der Waals surface area contributed by atoms with Gasteiger partial charge in [0, 0.05) is 19.1 Å². The number of nitrogens with zero attached hydrogens (tertiary/aromatic N) is 1. The second-order valence-electron chi connectivity index (χ2n) is 6.56. The third-order valence-electron chi connectivity index (χ3n) is 4.78. The molecule has 1 saturated carbocycles. The summed E-state index contributed by atoms with van der Waals surface area (Å²) >= 11 is 0. The molecule has 0 aromatic heterocycles. The van der Waals surface area contributed by atoms with Gasteiger partial charge in [0.05, 0.1) is 0 Å². The Balaban J connectivity index is 1.42. The van der Waals surface area contributed by atoms with Crippen LogP contribution in [0.1, 0.15) is 31.2 Å². The number of ether oxygens (including phenoxy) is 2. The van der Waals surface area contributed by atoms with Crippen molar-refractivity contribution in [3.63, 3.8) is 0 Å². The first-order valence-electron chi connectivity index (χ1n) is 8.22. The van der Waals surface area contributed by atoms with Crippen molar-refractivity contribution < 1.29 is 9.47 Å². The van der Waals surface area contributed by atoms with Crippen molar-refractivity contribution in [2.24, 2.45) is 5.92 Å². The molecule has 1 saturated heterocycles. The van der Waals surface area contributed by atoms with Gasteiger partial charge in [-0.3, -0.25) is 4.90 Å². The molecule has 0 amide bonds. The van der Waals surface area contributed by atoms with Crippen LogP contribution in [0.5, 0.6) is 11.5 Å². The van der Waals surface area contributed by atoms with E-state index in [4.69, 9.17) is 9.47 Å². The average molecular weight is 288 g/mol. The highest BCUT2D eigenvalue weighted by Gasteiger charge is 2.31. The van der Waals surface area contributed by atoms with E-state index in [1.165, 1.54) is 50.9 Å². The van der Waals surface area contributed by atoms with Crippen LogP contribution >= 0.6 is 0 Å². The highest BCUT2D eigenvalue weighted by molar-refractivity contribution is 5.44. The predicted molar refractivity (Wildman–Crippen MR) is 81.6 cm³/mol. The van der Waals surface area contributed by atoms with E-state index in [0.29, 0.717) is 6.79 Å². The largest absolute Gasteiger partial charge is 0.454 e. The molecule has 4 rings (SSSR count). The lowest BCUT2D eigenvalue weighted by atomic mass is 9.98. The van der Waals surface area contributed by atoms with E-state index in [-0.39, 0.29) is 0 Å². The number of hydrogen-bond donors (Lipinski definition) is 1. The molecule has 21 heavy (non-hydrogen) atoms. The SMILES string of the molecule is c1cc2c(cc1CN(CC1CCCNC1)C1CC1)OCO2. The Morgan fingerprint density at radius 1 is 1.14 bits per heavy atom. The van der Waals surface area contributed by atoms with Gasteiger partial charge in [0.1, 0.15) is 0 Å². The zero-order valence-electron chi connectivity index (χ0n) is 12.5. The van der Waals surface area contributed by atoms with Gasteiger partial charge in [-0.1, -0.05) is 6.07 Å². The van der Waals surface area contributed by atoms with E-state index in [9.17, 15) is 0 Å². The van der Waals surface area contributed by atoms with Crippen molar-refractivity contribution in [2.45, 2.75) is 38.3 Å². The van der Waals surface area contributed by atoms with Gasteiger partial charge in [-0.15, -0.1) is 0 Å².